The molecule has 1 aliphatic rings. The van der Waals surface area contributed by atoms with Gasteiger partial charge in [-0.2, -0.15) is 0 Å². The van der Waals surface area contributed by atoms with Gasteiger partial charge in [-0.3, -0.25) is 14.5 Å². The second kappa shape index (κ2) is 9.87. The number of ether oxygens (including phenoxy) is 1. The highest BCUT2D eigenvalue weighted by Gasteiger charge is 2.47. The van der Waals surface area contributed by atoms with E-state index in [1.165, 1.54) is 47.4 Å². The highest BCUT2D eigenvalue weighted by Crippen LogP contribution is 2.43. The minimum Gasteiger partial charge on any atom is -0.507 e. The van der Waals surface area contributed by atoms with E-state index in [1.54, 1.807) is 24.3 Å². The summed E-state index contributed by atoms with van der Waals surface area (Å²) in [7, 11) is 0. The third kappa shape index (κ3) is 4.65. The van der Waals surface area contributed by atoms with E-state index >= 15 is 0 Å². The van der Waals surface area contributed by atoms with Gasteiger partial charge in [0.05, 0.1) is 18.2 Å². The molecule has 1 aliphatic heterocycles. The Morgan fingerprint density at radius 1 is 1.03 bits per heavy atom. The fraction of sp³-hybridized carbons (Fsp3) is 0.154. The van der Waals surface area contributed by atoms with E-state index in [1.807, 2.05) is 6.92 Å². The van der Waals surface area contributed by atoms with E-state index in [4.69, 9.17) is 27.9 Å². The Bertz CT molecular complexity index is 1270. The van der Waals surface area contributed by atoms with Crippen LogP contribution in [0.1, 0.15) is 30.5 Å². The number of nitrogens with zero attached hydrogens (tertiary/aromatic N) is 1. The van der Waals surface area contributed by atoms with E-state index in [0.717, 1.165) is 6.42 Å². The number of aliphatic hydroxyl groups is 1. The number of anilines is 1. The van der Waals surface area contributed by atoms with Crippen molar-refractivity contribution in [3.63, 3.8) is 0 Å². The van der Waals surface area contributed by atoms with E-state index in [-0.39, 0.29) is 27.1 Å². The Kier molecular flexibility index (Phi) is 6.91. The Labute approximate surface area is 206 Å². The highest BCUT2D eigenvalue weighted by molar-refractivity contribution is 6.52. The lowest BCUT2D eigenvalue weighted by molar-refractivity contribution is -0.132. The van der Waals surface area contributed by atoms with Gasteiger partial charge in [0.2, 0.25) is 0 Å². The van der Waals surface area contributed by atoms with E-state index in [9.17, 15) is 19.1 Å². The zero-order valence-electron chi connectivity index (χ0n) is 18.1. The number of hydrogen-bond donors (Lipinski definition) is 1. The number of hydrogen-bond acceptors (Lipinski definition) is 4. The summed E-state index contributed by atoms with van der Waals surface area (Å²) in [6.45, 7) is 2.45. The van der Waals surface area contributed by atoms with Crippen LogP contribution in [0.25, 0.3) is 5.76 Å². The first-order chi connectivity index (χ1) is 16.3. The molecule has 1 fully saturated rings. The summed E-state index contributed by atoms with van der Waals surface area (Å²) >= 11 is 12.3. The Morgan fingerprint density at radius 2 is 1.71 bits per heavy atom. The molecule has 174 valence electrons. The SMILES string of the molecule is CCCOc1cccc(/C(O)=C2\C(=O)C(=O)N(c3cc(Cl)cc(Cl)c3)C2c2ccc(F)cc2)c1. The van der Waals surface area contributed by atoms with Gasteiger partial charge in [-0.15, -0.1) is 0 Å². The number of carbonyl (C=O) groups is 2. The number of ketones is 1. The molecule has 0 bridgehead atoms. The van der Waals surface area contributed by atoms with Crippen LogP contribution in [0.5, 0.6) is 5.75 Å². The van der Waals surface area contributed by atoms with E-state index < -0.39 is 23.5 Å². The number of amides is 1. The first-order valence-electron chi connectivity index (χ1n) is 10.6. The molecule has 0 aliphatic carbocycles. The molecule has 3 aromatic rings. The zero-order chi connectivity index (χ0) is 24.4. The summed E-state index contributed by atoms with van der Waals surface area (Å²) in [5.74, 6) is -2.09. The monoisotopic (exact) mass is 499 g/mol. The molecule has 1 atom stereocenters. The van der Waals surface area contributed by atoms with Gasteiger partial charge in [0.15, 0.2) is 0 Å². The van der Waals surface area contributed by atoms with Crippen LogP contribution < -0.4 is 9.64 Å². The fourth-order valence-corrected chi connectivity index (χ4v) is 4.36. The van der Waals surface area contributed by atoms with Crippen LogP contribution in [-0.4, -0.2) is 23.4 Å². The third-order valence-corrected chi connectivity index (χ3v) is 5.77. The number of Topliss-reactive ketones (excluding diaryl/α,β-unsaturated/α-hetero) is 1. The molecule has 0 aromatic heterocycles. The second-order valence-corrected chi connectivity index (χ2v) is 8.60. The van der Waals surface area contributed by atoms with Gasteiger partial charge in [0, 0.05) is 21.3 Å². The lowest BCUT2D eigenvalue weighted by Crippen LogP contribution is -2.29. The number of aliphatic hydroxyl groups excluding tert-OH is 1. The zero-order valence-corrected chi connectivity index (χ0v) is 19.6. The Balaban J connectivity index is 1.91. The van der Waals surface area contributed by atoms with Crippen molar-refractivity contribution in [2.75, 3.05) is 11.5 Å². The molecule has 1 unspecified atom stereocenters. The number of benzene rings is 3. The van der Waals surface area contributed by atoms with Gasteiger partial charge in [-0.1, -0.05) is 54.4 Å². The van der Waals surface area contributed by atoms with Gasteiger partial charge >= 0.3 is 0 Å². The van der Waals surface area contributed by atoms with Crippen molar-refractivity contribution in [3.8, 4) is 5.75 Å². The Morgan fingerprint density at radius 3 is 2.35 bits per heavy atom. The van der Waals surface area contributed by atoms with Crippen molar-refractivity contribution in [2.24, 2.45) is 0 Å². The molecule has 34 heavy (non-hydrogen) atoms. The van der Waals surface area contributed by atoms with E-state index in [2.05, 4.69) is 0 Å². The molecule has 0 spiro atoms. The van der Waals surface area contributed by atoms with Crippen molar-refractivity contribution >= 4 is 46.3 Å². The average molecular weight is 500 g/mol. The van der Waals surface area contributed by atoms with Crippen molar-refractivity contribution in [3.05, 3.63) is 99.3 Å². The molecule has 4 rings (SSSR count). The first-order valence-corrected chi connectivity index (χ1v) is 11.3. The lowest BCUT2D eigenvalue weighted by atomic mass is 9.95. The molecule has 0 radical (unpaired) electrons. The summed E-state index contributed by atoms with van der Waals surface area (Å²) in [5.41, 5.74) is 0.868. The van der Waals surface area contributed by atoms with Gasteiger partial charge in [0.25, 0.3) is 11.7 Å². The molecule has 3 aromatic carbocycles. The van der Waals surface area contributed by atoms with Gasteiger partial charge < -0.3 is 9.84 Å². The molecular formula is C26H20Cl2FNO4. The maximum absolute atomic E-state index is 13.7. The maximum Gasteiger partial charge on any atom is 0.300 e. The quantitative estimate of drug-likeness (QED) is 0.237. The topological polar surface area (TPSA) is 66.8 Å². The van der Waals surface area contributed by atoms with Gasteiger partial charge in [0.1, 0.15) is 17.3 Å². The molecule has 5 nitrogen and oxygen atoms in total. The van der Waals surface area contributed by atoms with Crippen molar-refractivity contribution < 1.29 is 23.8 Å². The Hall–Kier alpha value is -3.35. The molecule has 1 heterocycles. The first kappa shape index (κ1) is 23.8. The number of halogens is 3. The molecule has 1 saturated heterocycles. The largest absolute Gasteiger partial charge is 0.507 e. The van der Waals surface area contributed by atoms with Crippen molar-refractivity contribution in [1.29, 1.82) is 0 Å². The molecule has 1 N–H and O–H groups in total. The molecular weight excluding hydrogens is 480 g/mol. The summed E-state index contributed by atoms with van der Waals surface area (Å²) in [5, 5.41) is 11.8. The van der Waals surface area contributed by atoms with Crippen LogP contribution in [0.15, 0.2) is 72.3 Å². The van der Waals surface area contributed by atoms with Crippen LogP contribution in [0.4, 0.5) is 10.1 Å². The molecule has 0 saturated carbocycles. The predicted molar refractivity (Wildman–Crippen MR) is 130 cm³/mol. The normalized spacial score (nSPS) is 17.3. The summed E-state index contributed by atoms with van der Waals surface area (Å²) < 4.78 is 19.3. The minimum absolute atomic E-state index is 0.139. The van der Waals surface area contributed by atoms with Crippen LogP contribution in [-0.2, 0) is 9.59 Å². The van der Waals surface area contributed by atoms with E-state index in [0.29, 0.717) is 23.5 Å². The van der Waals surface area contributed by atoms with Gasteiger partial charge in [-0.25, -0.2) is 4.39 Å². The minimum atomic E-state index is -1.03. The maximum atomic E-state index is 13.7. The molecule has 8 heteroatoms. The van der Waals surface area contributed by atoms with Gasteiger partial charge in [-0.05, 0) is 54.4 Å². The van der Waals surface area contributed by atoms with Crippen LogP contribution >= 0.6 is 23.2 Å². The standard InChI is InChI=1S/C26H20Cl2FNO4/c1-2-10-34-21-5-3-4-16(11-21)24(31)22-23(15-6-8-19(29)9-7-15)30(26(33)25(22)32)20-13-17(27)12-18(28)14-20/h3-9,11-14,23,31H,2,10H2,1H3/b24-22+. The van der Waals surface area contributed by atoms with Crippen LogP contribution in [0.3, 0.4) is 0 Å². The van der Waals surface area contributed by atoms with Crippen LogP contribution in [0.2, 0.25) is 10.0 Å². The second-order valence-electron chi connectivity index (χ2n) is 7.72. The summed E-state index contributed by atoms with van der Waals surface area (Å²) in [6.07, 6.45) is 0.800. The molecule has 1 amide bonds. The van der Waals surface area contributed by atoms with Crippen LogP contribution in [0, 0.1) is 5.82 Å². The smallest absolute Gasteiger partial charge is 0.300 e. The van der Waals surface area contributed by atoms with Crippen molar-refractivity contribution in [2.45, 2.75) is 19.4 Å². The van der Waals surface area contributed by atoms with Crippen molar-refractivity contribution in [1.82, 2.24) is 0 Å². The fourth-order valence-electron chi connectivity index (χ4n) is 3.85. The third-order valence-electron chi connectivity index (χ3n) is 5.34. The summed E-state index contributed by atoms with van der Waals surface area (Å²) in [4.78, 5) is 27.6. The average Bonchev–Trinajstić information content (AvgIpc) is 3.07. The lowest BCUT2D eigenvalue weighted by Gasteiger charge is -2.25. The number of carbonyl (C=O) groups excluding carboxylic acids is 2. The number of rotatable bonds is 6. The summed E-state index contributed by atoms with van der Waals surface area (Å²) in [6, 6.07) is 15.4. The highest BCUT2D eigenvalue weighted by atomic mass is 35.5. The predicted octanol–water partition coefficient (Wildman–Crippen LogP) is 6.55.